The second-order valence-electron chi connectivity index (χ2n) is 5.70. The third-order valence-corrected chi connectivity index (χ3v) is 3.03. The number of hydrogen-bond donors (Lipinski definition) is 0. The van der Waals surface area contributed by atoms with E-state index in [1.807, 2.05) is 0 Å². The lowest BCUT2D eigenvalue weighted by atomic mass is 10.0. The summed E-state index contributed by atoms with van der Waals surface area (Å²) in [6, 6.07) is -0.0324. The standard InChI is InChI=1S/C13H19NO4/c1-13(2,3)18-12(16)17-11-5-7-14-6-4-9(15)8-10(11)14/h4,6,10-11H,5,7-8H2,1-3H3/t10-,11+/m1/s1. The van der Waals surface area contributed by atoms with Crippen LogP contribution in [0, 0.1) is 0 Å². The van der Waals surface area contributed by atoms with E-state index in [1.54, 1.807) is 33.0 Å². The number of ketones is 1. The number of carbonyl (C=O) groups is 2. The number of allylic oxidation sites excluding steroid dienone is 1. The van der Waals surface area contributed by atoms with Crippen molar-refractivity contribution in [3.05, 3.63) is 12.3 Å². The van der Waals surface area contributed by atoms with E-state index < -0.39 is 11.8 Å². The molecular weight excluding hydrogens is 234 g/mol. The topological polar surface area (TPSA) is 55.8 Å². The van der Waals surface area contributed by atoms with Gasteiger partial charge in [0.25, 0.3) is 0 Å². The third-order valence-electron chi connectivity index (χ3n) is 3.03. The van der Waals surface area contributed by atoms with Gasteiger partial charge in [0.05, 0.1) is 6.04 Å². The van der Waals surface area contributed by atoms with E-state index in [2.05, 4.69) is 4.90 Å². The highest BCUT2D eigenvalue weighted by atomic mass is 16.7. The molecule has 2 aliphatic heterocycles. The zero-order valence-electron chi connectivity index (χ0n) is 11.0. The highest BCUT2D eigenvalue weighted by Gasteiger charge is 2.38. The first kappa shape index (κ1) is 12.9. The van der Waals surface area contributed by atoms with Crippen LogP contribution in [-0.2, 0) is 14.3 Å². The first-order valence-electron chi connectivity index (χ1n) is 6.21. The van der Waals surface area contributed by atoms with Gasteiger partial charge in [-0.25, -0.2) is 4.79 Å². The molecule has 0 aromatic rings. The van der Waals surface area contributed by atoms with Crippen molar-refractivity contribution in [3.63, 3.8) is 0 Å². The number of nitrogens with zero attached hydrogens (tertiary/aromatic N) is 1. The van der Waals surface area contributed by atoms with E-state index in [4.69, 9.17) is 9.47 Å². The van der Waals surface area contributed by atoms with Crippen LogP contribution in [0.4, 0.5) is 4.79 Å². The average molecular weight is 253 g/mol. The summed E-state index contributed by atoms with van der Waals surface area (Å²) in [4.78, 5) is 25.0. The minimum atomic E-state index is -0.656. The zero-order valence-corrected chi connectivity index (χ0v) is 11.0. The molecule has 1 fully saturated rings. The smallest absolute Gasteiger partial charge is 0.429 e. The first-order valence-corrected chi connectivity index (χ1v) is 6.21. The molecule has 0 aliphatic carbocycles. The SMILES string of the molecule is CC(C)(C)OC(=O)O[C@H]1CCN2C=CC(=O)C[C@H]12. The number of ether oxygens (including phenoxy) is 2. The van der Waals surface area contributed by atoms with Crippen LogP contribution in [0.3, 0.4) is 0 Å². The van der Waals surface area contributed by atoms with E-state index in [-0.39, 0.29) is 17.9 Å². The highest BCUT2D eigenvalue weighted by Crippen LogP contribution is 2.27. The maximum Gasteiger partial charge on any atom is 0.509 e. The zero-order chi connectivity index (χ0) is 13.3. The van der Waals surface area contributed by atoms with Crippen molar-refractivity contribution >= 4 is 11.9 Å². The van der Waals surface area contributed by atoms with Gasteiger partial charge in [-0.1, -0.05) is 0 Å². The Hall–Kier alpha value is -1.52. The van der Waals surface area contributed by atoms with Crippen LogP contribution in [0.5, 0.6) is 0 Å². The van der Waals surface area contributed by atoms with Crippen molar-refractivity contribution in [1.82, 2.24) is 4.90 Å². The maximum absolute atomic E-state index is 11.6. The summed E-state index contributed by atoms with van der Waals surface area (Å²) >= 11 is 0. The van der Waals surface area contributed by atoms with Gasteiger partial charge in [-0.15, -0.1) is 0 Å². The molecule has 2 aliphatic rings. The first-order chi connectivity index (χ1) is 8.35. The van der Waals surface area contributed by atoms with Crippen molar-refractivity contribution in [2.24, 2.45) is 0 Å². The van der Waals surface area contributed by atoms with Gasteiger partial charge in [-0.2, -0.15) is 0 Å². The summed E-state index contributed by atoms with van der Waals surface area (Å²) in [7, 11) is 0. The molecule has 0 bridgehead atoms. The normalized spacial score (nSPS) is 27.1. The third kappa shape index (κ3) is 3.03. The van der Waals surface area contributed by atoms with Crippen LogP contribution in [0.25, 0.3) is 0 Å². The van der Waals surface area contributed by atoms with Crippen molar-refractivity contribution < 1.29 is 19.1 Å². The van der Waals surface area contributed by atoms with Crippen molar-refractivity contribution in [3.8, 4) is 0 Å². The summed E-state index contributed by atoms with van der Waals surface area (Å²) in [5.74, 6) is 0.0796. The minimum absolute atomic E-state index is 0.0324. The Bertz CT molecular complexity index is 383. The Balaban J connectivity index is 1.93. The number of fused-ring (bicyclic) bond motifs is 1. The molecule has 0 radical (unpaired) electrons. The fraction of sp³-hybridized carbons (Fsp3) is 0.692. The van der Waals surface area contributed by atoms with Crippen LogP contribution < -0.4 is 0 Å². The van der Waals surface area contributed by atoms with Gasteiger partial charge >= 0.3 is 6.16 Å². The molecule has 0 aromatic carbocycles. The molecule has 0 unspecified atom stereocenters. The van der Waals surface area contributed by atoms with E-state index >= 15 is 0 Å². The maximum atomic E-state index is 11.6. The van der Waals surface area contributed by atoms with E-state index in [9.17, 15) is 9.59 Å². The Morgan fingerprint density at radius 1 is 1.44 bits per heavy atom. The van der Waals surface area contributed by atoms with Gasteiger partial charge in [-0.3, -0.25) is 4.79 Å². The van der Waals surface area contributed by atoms with Gasteiger partial charge in [0, 0.05) is 25.6 Å². The molecular formula is C13H19NO4. The summed E-state index contributed by atoms with van der Waals surface area (Å²) < 4.78 is 10.4. The highest BCUT2D eigenvalue weighted by molar-refractivity contribution is 5.91. The number of carbonyl (C=O) groups excluding carboxylic acids is 2. The molecule has 5 heteroatoms. The molecule has 2 atom stereocenters. The molecule has 1 saturated heterocycles. The Kier molecular flexibility index (Phi) is 3.32. The van der Waals surface area contributed by atoms with Crippen LogP contribution in [0.1, 0.15) is 33.6 Å². The van der Waals surface area contributed by atoms with Crippen molar-refractivity contribution in [2.45, 2.75) is 51.4 Å². The van der Waals surface area contributed by atoms with Crippen molar-refractivity contribution in [2.75, 3.05) is 6.54 Å². The van der Waals surface area contributed by atoms with Gasteiger partial charge in [0.15, 0.2) is 5.78 Å². The second-order valence-corrected chi connectivity index (χ2v) is 5.70. The quantitative estimate of drug-likeness (QED) is 0.668. The van der Waals surface area contributed by atoms with Crippen LogP contribution in [0.2, 0.25) is 0 Å². The monoisotopic (exact) mass is 253 g/mol. The van der Waals surface area contributed by atoms with Gasteiger partial charge in [0.1, 0.15) is 11.7 Å². The van der Waals surface area contributed by atoms with Gasteiger partial charge in [0.2, 0.25) is 0 Å². The van der Waals surface area contributed by atoms with E-state index in [0.29, 0.717) is 6.42 Å². The summed E-state index contributed by atoms with van der Waals surface area (Å²) in [6.07, 6.45) is 3.59. The van der Waals surface area contributed by atoms with E-state index in [0.717, 1.165) is 13.0 Å². The lowest BCUT2D eigenvalue weighted by Gasteiger charge is -2.29. The van der Waals surface area contributed by atoms with Crippen LogP contribution in [-0.4, -0.2) is 41.1 Å². The average Bonchev–Trinajstić information content (AvgIpc) is 2.58. The van der Waals surface area contributed by atoms with Crippen LogP contribution >= 0.6 is 0 Å². The summed E-state index contributed by atoms with van der Waals surface area (Å²) in [6.45, 7) is 6.19. The second kappa shape index (κ2) is 4.63. The summed E-state index contributed by atoms with van der Waals surface area (Å²) in [5.41, 5.74) is -0.558. The van der Waals surface area contributed by atoms with Crippen LogP contribution in [0.15, 0.2) is 12.3 Å². The largest absolute Gasteiger partial charge is 0.509 e. The van der Waals surface area contributed by atoms with E-state index in [1.165, 1.54) is 0 Å². The molecule has 5 nitrogen and oxygen atoms in total. The number of rotatable bonds is 1. The predicted octanol–water partition coefficient (Wildman–Crippen LogP) is 1.87. The Morgan fingerprint density at radius 2 is 2.17 bits per heavy atom. The van der Waals surface area contributed by atoms with Gasteiger partial charge < -0.3 is 14.4 Å². The Morgan fingerprint density at radius 3 is 2.83 bits per heavy atom. The number of hydrogen-bond acceptors (Lipinski definition) is 5. The minimum Gasteiger partial charge on any atom is -0.429 e. The molecule has 0 amide bonds. The van der Waals surface area contributed by atoms with Gasteiger partial charge in [-0.05, 0) is 26.8 Å². The fourth-order valence-corrected chi connectivity index (χ4v) is 2.27. The van der Waals surface area contributed by atoms with Crippen molar-refractivity contribution in [1.29, 1.82) is 0 Å². The Labute approximate surface area is 107 Å². The fourth-order valence-electron chi connectivity index (χ4n) is 2.27. The molecule has 100 valence electrons. The molecule has 2 heterocycles. The molecule has 2 rings (SSSR count). The summed E-state index contributed by atoms with van der Waals surface area (Å²) in [5, 5.41) is 0. The molecule has 0 spiro atoms. The molecule has 18 heavy (non-hydrogen) atoms. The molecule has 0 N–H and O–H groups in total. The molecule has 0 aromatic heterocycles. The predicted molar refractivity (Wildman–Crippen MR) is 65.0 cm³/mol. The molecule has 0 saturated carbocycles. The lowest BCUT2D eigenvalue weighted by Crippen LogP contribution is -2.39. The lowest BCUT2D eigenvalue weighted by molar-refractivity contribution is -0.117.